The fourth-order valence-electron chi connectivity index (χ4n) is 3.94. The Bertz CT molecular complexity index is 1300. The summed E-state index contributed by atoms with van der Waals surface area (Å²) in [4.78, 5) is 35.3. The lowest BCUT2D eigenvalue weighted by Gasteiger charge is -2.35. The first-order valence-electron chi connectivity index (χ1n) is 10.4. The molecule has 1 aromatic carbocycles. The number of pyridine rings is 2. The summed E-state index contributed by atoms with van der Waals surface area (Å²) >= 11 is 1.97. The van der Waals surface area contributed by atoms with Crippen LogP contribution in [0.4, 0.5) is 26.0 Å². The second-order valence-electron chi connectivity index (χ2n) is 7.90. The first-order valence-corrected chi connectivity index (χ1v) is 11.5. The van der Waals surface area contributed by atoms with Gasteiger partial charge in [0.1, 0.15) is 17.5 Å². The molecule has 2 amide bonds. The maximum Gasteiger partial charge on any atom is 0.269 e. The van der Waals surface area contributed by atoms with E-state index in [1.807, 2.05) is 22.6 Å². The van der Waals surface area contributed by atoms with Crippen LogP contribution in [0.2, 0.25) is 0 Å². The van der Waals surface area contributed by atoms with E-state index in [9.17, 15) is 18.4 Å². The van der Waals surface area contributed by atoms with Crippen LogP contribution in [0.3, 0.4) is 0 Å². The standard InChI is InChI=1S/C23H18F2IN5O3/c1-23(26)22(33)31(7-8-34-23)12-5-6-18(27-10-12)30-16-9-15(19-13(24)3-2-4-14(19)25)29-17-11-28-21(32)20(16)17/h2-6,9-10H,7-8,11H2,1H3,(H,28,32)(H,27,29,30). The van der Waals surface area contributed by atoms with E-state index in [0.29, 0.717) is 36.0 Å². The largest absolute Gasteiger partial charge is 0.353 e. The van der Waals surface area contributed by atoms with Crippen LogP contribution in [0.25, 0.3) is 11.3 Å². The summed E-state index contributed by atoms with van der Waals surface area (Å²) in [5.41, 5.74) is 1.38. The van der Waals surface area contributed by atoms with Gasteiger partial charge in [-0.3, -0.25) is 9.59 Å². The molecule has 2 aliphatic heterocycles. The van der Waals surface area contributed by atoms with E-state index in [0.717, 1.165) is 12.1 Å². The molecule has 2 aliphatic rings. The van der Waals surface area contributed by atoms with Crippen molar-refractivity contribution < 1.29 is 23.1 Å². The zero-order chi connectivity index (χ0) is 24.0. The topological polar surface area (TPSA) is 96.4 Å². The van der Waals surface area contributed by atoms with E-state index in [1.165, 1.54) is 18.3 Å². The second kappa shape index (κ2) is 8.55. The minimum absolute atomic E-state index is 0.0604. The van der Waals surface area contributed by atoms with Gasteiger partial charge in [0.2, 0.25) is 0 Å². The van der Waals surface area contributed by atoms with Gasteiger partial charge in [0.25, 0.3) is 11.8 Å². The van der Waals surface area contributed by atoms with E-state index in [1.54, 1.807) is 24.0 Å². The number of hydrogen-bond acceptors (Lipinski definition) is 6. The van der Waals surface area contributed by atoms with Gasteiger partial charge in [0.15, 0.2) is 3.61 Å². The Morgan fingerprint density at radius 3 is 2.65 bits per heavy atom. The molecule has 0 saturated carbocycles. The Morgan fingerprint density at radius 2 is 1.94 bits per heavy atom. The van der Waals surface area contributed by atoms with Crippen molar-refractivity contribution in [2.75, 3.05) is 23.4 Å². The molecule has 3 aromatic rings. The van der Waals surface area contributed by atoms with Crippen LogP contribution in [0.5, 0.6) is 0 Å². The van der Waals surface area contributed by atoms with Crippen LogP contribution in [0.1, 0.15) is 23.0 Å². The number of hydrogen-bond donors (Lipinski definition) is 2. The van der Waals surface area contributed by atoms with Crippen molar-refractivity contribution in [2.45, 2.75) is 17.1 Å². The molecule has 0 spiro atoms. The Morgan fingerprint density at radius 1 is 1.18 bits per heavy atom. The number of nitrogens with one attached hydrogen (secondary N) is 2. The minimum atomic E-state index is -0.948. The number of benzene rings is 1. The van der Waals surface area contributed by atoms with E-state index in [-0.39, 0.29) is 35.2 Å². The number of ether oxygens (including phenoxy) is 1. The van der Waals surface area contributed by atoms with Gasteiger partial charge in [0, 0.05) is 6.54 Å². The zero-order valence-electron chi connectivity index (χ0n) is 17.9. The molecule has 174 valence electrons. The zero-order valence-corrected chi connectivity index (χ0v) is 20.0. The number of fused-ring (bicyclic) bond motifs is 1. The first kappa shape index (κ1) is 22.6. The number of halogens is 3. The highest BCUT2D eigenvalue weighted by Crippen LogP contribution is 2.34. The number of rotatable bonds is 4. The van der Waals surface area contributed by atoms with Gasteiger partial charge in [-0.25, -0.2) is 18.7 Å². The van der Waals surface area contributed by atoms with Gasteiger partial charge in [-0.2, -0.15) is 0 Å². The fourth-order valence-corrected chi connectivity index (χ4v) is 4.45. The minimum Gasteiger partial charge on any atom is -0.353 e. The van der Waals surface area contributed by atoms with Gasteiger partial charge in [-0.1, -0.05) is 6.07 Å². The Kier molecular flexibility index (Phi) is 5.68. The van der Waals surface area contributed by atoms with Crippen LogP contribution in [-0.4, -0.2) is 38.5 Å². The van der Waals surface area contributed by atoms with E-state index in [4.69, 9.17) is 4.74 Å². The highest BCUT2D eigenvalue weighted by Gasteiger charge is 2.39. The van der Waals surface area contributed by atoms with Crippen molar-refractivity contribution in [3.05, 3.63) is 65.5 Å². The smallest absolute Gasteiger partial charge is 0.269 e. The summed E-state index contributed by atoms with van der Waals surface area (Å²) in [7, 11) is 0. The molecule has 0 radical (unpaired) electrons. The summed E-state index contributed by atoms with van der Waals surface area (Å²) < 4.78 is 33.4. The van der Waals surface area contributed by atoms with Crippen molar-refractivity contribution in [3.8, 4) is 11.3 Å². The number of nitrogens with zero attached hydrogens (tertiary/aromatic N) is 3. The molecule has 1 saturated heterocycles. The molecule has 34 heavy (non-hydrogen) atoms. The molecule has 2 N–H and O–H groups in total. The van der Waals surface area contributed by atoms with Gasteiger partial charge >= 0.3 is 0 Å². The average Bonchev–Trinajstić information content (AvgIpc) is 3.17. The van der Waals surface area contributed by atoms with Gasteiger partial charge in [-0.15, -0.1) is 0 Å². The van der Waals surface area contributed by atoms with Gasteiger partial charge in [-0.05, 0) is 59.8 Å². The number of anilines is 3. The predicted molar refractivity (Wildman–Crippen MR) is 129 cm³/mol. The quantitative estimate of drug-likeness (QED) is 0.361. The van der Waals surface area contributed by atoms with Gasteiger partial charge < -0.3 is 20.3 Å². The molecule has 8 nitrogen and oxygen atoms in total. The third-order valence-corrected chi connectivity index (χ3v) is 6.37. The third-order valence-electron chi connectivity index (χ3n) is 5.59. The lowest BCUT2D eigenvalue weighted by atomic mass is 10.1. The highest BCUT2D eigenvalue weighted by atomic mass is 127. The van der Waals surface area contributed by atoms with Crippen molar-refractivity contribution in [3.63, 3.8) is 0 Å². The molecule has 11 heteroatoms. The van der Waals surface area contributed by atoms with Crippen molar-refractivity contribution in [1.29, 1.82) is 0 Å². The highest BCUT2D eigenvalue weighted by molar-refractivity contribution is 14.1. The summed E-state index contributed by atoms with van der Waals surface area (Å²) in [5, 5.41) is 5.73. The molecular formula is C23H18F2IN5O3. The molecule has 1 atom stereocenters. The predicted octanol–water partition coefficient (Wildman–Crippen LogP) is 3.92. The molecule has 0 bridgehead atoms. The molecule has 4 heterocycles. The number of carbonyl (C=O) groups is 2. The molecular weight excluding hydrogens is 559 g/mol. The van der Waals surface area contributed by atoms with Crippen molar-refractivity contribution in [2.24, 2.45) is 0 Å². The maximum atomic E-state index is 14.4. The monoisotopic (exact) mass is 577 g/mol. The molecule has 0 aliphatic carbocycles. The molecule has 2 aromatic heterocycles. The second-order valence-corrected chi connectivity index (χ2v) is 9.96. The molecule has 5 rings (SSSR count). The number of morpholine rings is 1. The van der Waals surface area contributed by atoms with Crippen molar-refractivity contribution >= 4 is 51.6 Å². The lowest BCUT2D eigenvalue weighted by Crippen LogP contribution is -2.51. The van der Waals surface area contributed by atoms with Crippen LogP contribution in [0, 0.1) is 11.6 Å². The van der Waals surface area contributed by atoms with E-state index in [2.05, 4.69) is 20.6 Å². The summed E-state index contributed by atoms with van der Waals surface area (Å²) in [6.45, 7) is 2.66. The molecule has 1 fully saturated rings. The Hall–Kier alpha value is -3.19. The molecule has 1 unspecified atom stereocenters. The SMILES string of the molecule is CC1(I)OCCN(c2ccc(Nc3cc(-c4c(F)cccc4F)nc4c3C(=O)NC4)nc2)C1=O. The van der Waals surface area contributed by atoms with E-state index >= 15 is 0 Å². The number of carbonyl (C=O) groups excluding carboxylic acids is 2. The fraction of sp³-hybridized carbons (Fsp3) is 0.217. The maximum absolute atomic E-state index is 14.4. The van der Waals surface area contributed by atoms with Crippen LogP contribution in [0.15, 0.2) is 42.6 Å². The summed E-state index contributed by atoms with van der Waals surface area (Å²) in [6, 6.07) is 8.39. The van der Waals surface area contributed by atoms with Crippen LogP contribution >= 0.6 is 22.6 Å². The summed E-state index contributed by atoms with van der Waals surface area (Å²) in [6.07, 6.45) is 1.54. The lowest BCUT2D eigenvalue weighted by molar-refractivity contribution is -0.134. The van der Waals surface area contributed by atoms with Crippen LogP contribution < -0.4 is 15.5 Å². The van der Waals surface area contributed by atoms with Gasteiger partial charge in [0.05, 0.1) is 53.2 Å². The average molecular weight is 577 g/mol. The Labute approximate surface area is 206 Å². The first-order chi connectivity index (χ1) is 16.2. The number of aromatic nitrogens is 2. The number of amides is 2. The Balaban J connectivity index is 1.48. The number of alkyl halides is 1. The van der Waals surface area contributed by atoms with Crippen LogP contribution in [-0.2, 0) is 16.1 Å². The normalized spacial score (nSPS) is 19.7. The van der Waals surface area contributed by atoms with E-state index < -0.39 is 15.2 Å². The summed E-state index contributed by atoms with van der Waals surface area (Å²) in [5.74, 6) is -1.65. The third kappa shape index (κ3) is 3.98. The van der Waals surface area contributed by atoms with Crippen molar-refractivity contribution in [1.82, 2.24) is 15.3 Å².